The number of hydrogen-bond donors (Lipinski definition) is 1. The third-order valence-electron chi connectivity index (χ3n) is 5.34. The van der Waals surface area contributed by atoms with Gasteiger partial charge in [-0.1, -0.05) is 38.1 Å². The number of alkyl halides is 3. The van der Waals surface area contributed by atoms with Crippen LogP contribution in [0.25, 0.3) is 0 Å². The van der Waals surface area contributed by atoms with Crippen molar-refractivity contribution < 1.29 is 27.5 Å². The number of carbonyl (C=O) groups is 2. The van der Waals surface area contributed by atoms with Gasteiger partial charge in [-0.3, -0.25) is 9.59 Å². The Morgan fingerprint density at radius 2 is 1.74 bits per heavy atom. The van der Waals surface area contributed by atoms with E-state index in [9.17, 15) is 22.8 Å². The first-order valence-corrected chi connectivity index (χ1v) is 10.3. The number of amides is 2. The summed E-state index contributed by atoms with van der Waals surface area (Å²) in [5.74, 6) is -0.203. The van der Waals surface area contributed by atoms with Crippen LogP contribution in [0, 0.1) is 0 Å². The van der Waals surface area contributed by atoms with Gasteiger partial charge in [0, 0.05) is 6.04 Å². The van der Waals surface area contributed by atoms with Gasteiger partial charge in [0.25, 0.3) is 5.91 Å². The smallest absolute Gasteiger partial charge is 0.416 e. The van der Waals surface area contributed by atoms with Crippen molar-refractivity contribution in [2.45, 2.75) is 51.4 Å². The molecule has 1 atom stereocenters. The molecule has 1 unspecified atom stereocenters. The molecule has 1 aliphatic heterocycles. The van der Waals surface area contributed by atoms with E-state index in [0.29, 0.717) is 17.0 Å². The van der Waals surface area contributed by atoms with Crippen molar-refractivity contribution in [3.8, 4) is 5.75 Å². The Kier molecular flexibility index (Phi) is 6.87. The van der Waals surface area contributed by atoms with Crippen molar-refractivity contribution in [1.82, 2.24) is 5.32 Å². The number of hydrogen-bond acceptors (Lipinski definition) is 3. The molecule has 5 nitrogen and oxygen atoms in total. The first-order valence-electron chi connectivity index (χ1n) is 10.3. The molecule has 0 bridgehead atoms. The van der Waals surface area contributed by atoms with Gasteiger partial charge in [-0.05, 0) is 42.7 Å². The largest absolute Gasteiger partial charge is 0.477 e. The van der Waals surface area contributed by atoms with Gasteiger partial charge in [-0.15, -0.1) is 0 Å². The lowest BCUT2D eigenvalue weighted by Crippen LogP contribution is -2.52. The second-order valence-electron chi connectivity index (χ2n) is 7.47. The van der Waals surface area contributed by atoms with Crippen molar-refractivity contribution in [3.63, 3.8) is 0 Å². The van der Waals surface area contributed by atoms with E-state index in [1.807, 2.05) is 13.8 Å². The maximum absolute atomic E-state index is 13.0. The number of fused-ring (bicyclic) bond motifs is 1. The summed E-state index contributed by atoms with van der Waals surface area (Å²) in [6.45, 7) is 3.99. The van der Waals surface area contributed by atoms with E-state index in [0.717, 1.165) is 25.0 Å². The van der Waals surface area contributed by atoms with E-state index in [1.54, 1.807) is 24.3 Å². The highest BCUT2D eigenvalue weighted by molar-refractivity contribution is 5.98. The molecule has 1 aliphatic rings. The molecule has 2 aromatic rings. The minimum atomic E-state index is -4.43. The van der Waals surface area contributed by atoms with Gasteiger partial charge in [-0.25, -0.2) is 0 Å². The van der Waals surface area contributed by atoms with Gasteiger partial charge in [0.05, 0.1) is 24.2 Å². The molecule has 2 amide bonds. The van der Waals surface area contributed by atoms with Crippen LogP contribution < -0.4 is 15.0 Å². The van der Waals surface area contributed by atoms with Crippen molar-refractivity contribution in [2.24, 2.45) is 0 Å². The maximum Gasteiger partial charge on any atom is 0.416 e. The summed E-state index contributed by atoms with van der Waals surface area (Å²) < 4.78 is 44.2. The van der Waals surface area contributed by atoms with E-state index < -0.39 is 17.8 Å². The van der Waals surface area contributed by atoms with E-state index in [2.05, 4.69) is 5.32 Å². The summed E-state index contributed by atoms with van der Waals surface area (Å²) in [5.41, 5.74) is 0.226. The number of nitrogens with zero attached hydrogens (tertiary/aromatic N) is 1. The summed E-state index contributed by atoms with van der Waals surface area (Å²) in [6, 6.07) is 11.4. The topological polar surface area (TPSA) is 58.6 Å². The zero-order valence-corrected chi connectivity index (χ0v) is 17.4. The SMILES string of the molecule is CCC(CC)NC(=O)C1CN(C(=O)Cc2ccc(C(F)(F)F)cc2)c2ccccc2O1. The maximum atomic E-state index is 13.0. The van der Waals surface area contributed by atoms with Crippen molar-refractivity contribution in [3.05, 3.63) is 59.7 Å². The van der Waals surface area contributed by atoms with Crippen LogP contribution in [0.4, 0.5) is 18.9 Å². The molecule has 8 heteroatoms. The third-order valence-corrected chi connectivity index (χ3v) is 5.34. The fourth-order valence-corrected chi connectivity index (χ4v) is 3.48. The number of rotatable bonds is 6. The first-order chi connectivity index (χ1) is 14.7. The van der Waals surface area contributed by atoms with E-state index in [1.165, 1.54) is 17.0 Å². The van der Waals surface area contributed by atoms with Gasteiger partial charge in [0.1, 0.15) is 5.75 Å². The Bertz CT molecular complexity index is 924. The van der Waals surface area contributed by atoms with Crippen LogP contribution in [0.3, 0.4) is 0 Å². The molecule has 1 heterocycles. The van der Waals surface area contributed by atoms with Crippen LogP contribution in [0.2, 0.25) is 0 Å². The third kappa shape index (κ3) is 5.37. The normalized spacial score (nSPS) is 15.9. The predicted octanol–water partition coefficient (Wildman–Crippen LogP) is 4.35. The summed E-state index contributed by atoms with van der Waals surface area (Å²) in [7, 11) is 0. The Labute approximate surface area is 179 Å². The van der Waals surface area contributed by atoms with Crippen molar-refractivity contribution >= 4 is 17.5 Å². The average Bonchev–Trinajstić information content (AvgIpc) is 2.76. The lowest BCUT2D eigenvalue weighted by Gasteiger charge is -2.34. The quantitative estimate of drug-likeness (QED) is 0.736. The molecule has 0 spiro atoms. The Morgan fingerprint density at radius 1 is 1.10 bits per heavy atom. The van der Waals surface area contributed by atoms with E-state index in [-0.39, 0.29) is 30.8 Å². The van der Waals surface area contributed by atoms with Gasteiger partial charge in [0.15, 0.2) is 6.10 Å². The zero-order valence-electron chi connectivity index (χ0n) is 17.4. The molecule has 0 aromatic heterocycles. The van der Waals surface area contributed by atoms with Crippen LogP contribution in [-0.4, -0.2) is 30.5 Å². The summed E-state index contributed by atoms with van der Waals surface area (Å²) in [6.07, 6.45) is -3.83. The number of anilines is 1. The second kappa shape index (κ2) is 9.41. The molecule has 3 rings (SSSR count). The van der Waals surface area contributed by atoms with Gasteiger partial charge < -0.3 is 15.0 Å². The molecule has 0 fully saturated rings. The van der Waals surface area contributed by atoms with Crippen molar-refractivity contribution in [2.75, 3.05) is 11.4 Å². The molecular formula is C23H25F3N2O3. The number of benzene rings is 2. The Hall–Kier alpha value is -3.03. The first kappa shape index (κ1) is 22.7. The predicted molar refractivity (Wildman–Crippen MR) is 111 cm³/mol. The minimum absolute atomic E-state index is 0.0181. The Morgan fingerprint density at radius 3 is 2.35 bits per heavy atom. The van der Waals surface area contributed by atoms with Crippen LogP contribution in [0.1, 0.15) is 37.8 Å². The average molecular weight is 434 g/mol. The molecule has 0 saturated carbocycles. The highest BCUT2D eigenvalue weighted by Crippen LogP contribution is 2.34. The Balaban J connectivity index is 1.78. The van der Waals surface area contributed by atoms with Crippen LogP contribution in [0.15, 0.2) is 48.5 Å². The fourth-order valence-electron chi connectivity index (χ4n) is 3.48. The van der Waals surface area contributed by atoms with E-state index in [4.69, 9.17) is 4.74 Å². The summed E-state index contributed by atoms with van der Waals surface area (Å²) in [5, 5.41) is 2.94. The number of ether oxygens (including phenoxy) is 1. The standard InChI is InChI=1S/C23H25F3N2O3/c1-3-17(4-2)27-22(30)20-14-28(18-7-5-6-8-19(18)31-20)21(29)13-15-9-11-16(12-10-15)23(24,25)26/h5-12,17,20H,3-4,13-14H2,1-2H3,(H,27,30). The number of halogens is 3. The number of para-hydroxylation sites is 2. The fraction of sp³-hybridized carbons (Fsp3) is 0.391. The minimum Gasteiger partial charge on any atom is -0.477 e. The van der Waals surface area contributed by atoms with Crippen LogP contribution in [-0.2, 0) is 22.2 Å². The number of carbonyl (C=O) groups excluding carboxylic acids is 2. The van der Waals surface area contributed by atoms with Crippen LogP contribution in [0.5, 0.6) is 5.75 Å². The number of nitrogens with one attached hydrogen (secondary N) is 1. The van der Waals surface area contributed by atoms with E-state index >= 15 is 0 Å². The molecule has 2 aromatic carbocycles. The highest BCUT2D eigenvalue weighted by Gasteiger charge is 2.34. The molecule has 166 valence electrons. The molecule has 0 saturated heterocycles. The second-order valence-corrected chi connectivity index (χ2v) is 7.47. The van der Waals surface area contributed by atoms with Gasteiger partial charge in [-0.2, -0.15) is 13.2 Å². The lowest BCUT2D eigenvalue weighted by molar-refractivity contribution is -0.137. The molecule has 31 heavy (non-hydrogen) atoms. The summed E-state index contributed by atoms with van der Waals surface area (Å²) in [4.78, 5) is 27.2. The highest BCUT2D eigenvalue weighted by atomic mass is 19.4. The lowest BCUT2D eigenvalue weighted by atomic mass is 10.1. The molecule has 1 N–H and O–H groups in total. The van der Waals surface area contributed by atoms with Crippen LogP contribution >= 0.6 is 0 Å². The molecule has 0 radical (unpaired) electrons. The summed E-state index contributed by atoms with van der Waals surface area (Å²) >= 11 is 0. The van der Waals surface area contributed by atoms with Crippen molar-refractivity contribution in [1.29, 1.82) is 0 Å². The molecule has 0 aliphatic carbocycles. The monoisotopic (exact) mass is 434 g/mol. The van der Waals surface area contributed by atoms with Gasteiger partial charge in [0.2, 0.25) is 5.91 Å². The van der Waals surface area contributed by atoms with Gasteiger partial charge >= 0.3 is 6.18 Å². The zero-order chi connectivity index (χ0) is 22.6. The molecular weight excluding hydrogens is 409 g/mol.